The molecule has 0 saturated carbocycles. The van der Waals surface area contributed by atoms with Crippen LogP contribution in [0.3, 0.4) is 0 Å². The summed E-state index contributed by atoms with van der Waals surface area (Å²) in [5.41, 5.74) is 1.29. The molecule has 0 spiro atoms. The monoisotopic (exact) mass is 390 g/mol. The fraction of sp³-hybridized carbons (Fsp3) is 0.316. The minimum absolute atomic E-state index is 0.294. The molecule has 0 aliphatic carbocycles. The Kier molecular flexibility index (Phi) is 5.55. The van der Waals surface area contributed by atoms with Crippen molar-refractivity contribution in [3.05, 3.63) is 54.1 Å². The number of rotatable bonds is 6. The molecule has 144 valence electrons. The molecule has 27 heavy (non-hydrogen) atoms. The summed E-state index contributed by atoms with van der Waals surface area (Å²) >= 11 is 0. The number of carbonyl (C=O) groups excluding carboxylic acids is 1. The van der Waals surface area contributed by atoms with Crippen molar-refractivity contribution in [2.75, 3.05) is 30.3 Å². The van der Waals surface area contributed by atoms with Crippen LogP contribution in [0.15, 0.2) is 48.5 Å². The molecule has 1 atom stereocenters. The van der Waals surface area contributed by atoms with Crippen molar-refractivity contribution >= 4 is 21.6 Å². The van der Waals surface area contributed by atoms with Crippen LogP contribution < -0.4 is 19.1 Å². The number of anilines is 1. The molecule has 1 aliphatic rings. The van der Waals surface area contributed by atoms with Gasteiger partial charge in [0, 0.05) is 0 Å². The molecule has 0 saturated heterocycles. The first-order chi connectivity index (χ1) is 12.8. The zero-order valence-corrected chi connectivity index (χ0v) is 16.0. The topological polar surface area (TPSA) is 84.9 Å². The van der Waals surface area contributed by atoms with Gasteiger partial charge in [0.05, 0.1) is 18.0 Å². The normalized spacial score (nSPS) is 14.3. The summed E-state index contributed by atoms with van der Waals surface area (Å²) in [5.74, 6) is 0.921. The van der Waals surface area contributed by atoms with Crippen LogP contribution in [0, 0.1) is 0 Å². The van der Waals surface area contributed by atoms with Crippen molar-refractivity contribution in [2.45, 2.75) is 13.0 Å². The minimum Gasteiger partial charge on any atom is -0.486 e. The maximum Gasteiger partial charge on any atom is 0.241 e. The van der Waals surface area contributed by atoms with Crippen LogP contribution >= 0.6 is 0 Å². The molecule has 1 amide bonds. The van der Waals surface area contributed by atoms with Gasteiger partial charge in [-0.05, 0) is 36.8 Å². The maximum absolute atomic E-state index is 12.5. The fourth-order valence-electron chi connectivity index (χ4n) is 2.82. The largest absolute Gasteiger partial charge is 0.486 e. The Hall–Kier alpha value is -2.74. The minimum atomic E-state index is -3.59. The van der Waals surface area contributed by atoms with Gasteiger partial charge in [-0.1, -0.05) is 24.3 Å². The smallest absolute Gasteiger partial charge is 0.241 e. The van der Waals surface area contributed by atoms with E-state index in [1.807, 2.05) is 19.1 Å². The molecule has 0 fully saturated rings. The highest BCUT2D eigenvalue weighted by atomic mass is 32.2. The van der Waals surface area contributed by atoms with Gasteiger partial charge in [-0.15, -0.1) is 0 Å². The van der Waals surface area contributed by atoms with Gasteiger partial charge in [0.2, 0.25) is 15.9 Å². The highest BCUT2D eigenvalue weighted by molar-refractivity contribution is 7.92. The highest BCUT2D eigenvalue weighted by Crippen LogP contribution is 2.32. The van der Waals surface area contributed by atoms with E-state index in [-0.39, 0.29) is 12.6 Å². The van der Waals surface area contributed by atoms with Crippen molar-refractivity contribution < 1.29 is 22.7 Å². The third kappa shape index (κ3) is 4.71. The SMILES string of the molecule is C[C@H](NC(=O)CN(c1ccccc1)S(C)(=O)=O)c1ccc2c(c1)OCCO2. The number of hydrogen-bond donors (Lipinski definition) is 1. The molecule has 1 heterocycles. The van der Waals surface area contributed by atoms with E-state index >= 15 is 0 Å². The number of benzene rings is 2. The summed E-state index contributed by atoms with van der Waals surface area (Å²) in [7, 11) is -3.59. The second kappa shape index (κ2) is 7.87. The van der Waals surface area contributed by atoms with E-state index in [1.165, 1.54) is 0 Å². The van der Waals surface area contributed by atoms with Crippen LogP contribution in [0.4, 0.5) is 5.69 Å². The van der Waals surface area contributed by atoms with Gasteiger partial charge in [0.25, 0.3) is 0 Å². The molecule has 1 N–H and O–H groups in total. The third-order valence-electron chi connectivity index (χ3n) is 4.18. The van der Waals surface area contributed by atoms with E-state index < -0.39 is 15.9 Å². The Balaban J connectivity index is 1.70. The predicted octanol–water partition coefficient (Wildman–Crippen LogP) is 2.10. The molecule has 7 nitrogen and oxygen atoms in total. The van der Waals surface area contributed by atoms with Crippen molar-refractivity contribution in [1.82, 2.24) is 5.32 Å². The van der Waals surface area contributed by atoms with E-state index in [9.17, 15) is 13.2 Å². The van der Waals surface area contributed by atoms with Crippen molar-refractivity contribution in [2.24, 2.45) is 0 Å². The molecule has 2 aromatic rings. The number of para-hydroxylation sites is 1. The lowest BCUT2D eigenvalue weighted by molar-refractivity contribution is -0.120. The average Bonchev–Trinajstić information content (AvgIpc) is 2.65. The molecule has 0 aromatic heterocycles. The second-order valence-electron chi connectivity index (χ2n) is 6.30. The molecule has 0 radical (unpaired) electrons. The molecule has 1 aliphatic heterocycles. The summed E-state index contributed by atoms with van der Waals surface area (Å²) in [6, 6.07) is 13.7. The number of ether oxygens (including phenoxy) is 2. The van der Waals surface area contributed by atoms with E-state index in [0.29, 0.717) is 30.4 Å². The lowest BCUT2D eigenvalue weighted by atomic mass is 10.1. The predicted molar refractivity (Wildman–Crippen MR) is 103 cm³/mol. The first-order valence-electron chi connectivity index (χ1n) is 8.56. The third-order valence-corrected chi connectivity index (χ3v) is 5.32. The van der Waals surface area contributed by atoms with Crippen LogP contribution in [0.2, 0.25) is 0 Å². The van der Waals surface area contributed by atoms with E-state index in [1.54, 1.807) is 36.4 Å². The average molecular weight is 390 g/mol. The van der Waals surface area contributed by atoms with Gasteiger partial charge >= 0.3 is 0 Å². The van der Waals surface area contributed by atoms with Gasteiger partial charge < -0.3 is 14.8 Å². The molecular formula is C19H22N2O5S. The Morgan fingerprint density at radius 3 is 2.44 bits per heavy atom. The Morgan fingerprint density at radius 2 is 1.78 bits per heavy atom. The van der Waals surface area contributed by atoms with Crippen molar-refractivity contribution in [3.8, 4) is 11.5 Å². The number of fused-ring (bicyclic) bond motifs is 1. The Morgan fingerprint density at radius 1 is 1.11 bits per heavy atom. The standard InChI is InChI=1S/C19H22N2O5S/c1-14(15-8-9-17-18(12-15)26-11-10-25-17)20-19(22)13-21(27(2,23)24)16-6-4-3-5-7-16/h3-9,12,14H,10-11,13H2,1-2H3,(H,20,22)/t14-/m0/s1. The number of nitrogens with one attached hydrogen (secondary N) is 1. The van der Waals surface area contributed by atoms with Gasteiger partial charge in [0.15, 0.2) is 11.5 Å². The van der Waals surface area contributed by atoms with Crippen LogP contribution in [0.5, 0.6) is 11.5 Å². The zero-order valence-electron chi connectivity index (χ0n) is 15.2. The van der Waals surface area contributed by atoms with Crippen molar-refractivity contribution in [3.63, 3.8) is 0 Å². The van der Waals surface area contributed by atoms with E-state index in [2.05, 4.69) is 5.32 Å². The fourth-order valence-corrected chi connectivity index (χ4v) is 3.68. The molecule has 0 unspecified atom stereocenters. The van der Waals surface area contributed by atoms with Gasteiger partial charge in [0.1, 0.15) is 19.8 Å². The van der Waals surface area contributed by atoms with Crippen LogP contribution in [0.25, 0.3) is 0 Å². The molecule has 3 rings (SSSR count). The summed E-state index contributed by atoms with van der Waals surface area (Å²) in [6.45, 7) is 2.53. The van der Waals surface area contributed by atoms with E-state index in [4.69, 9.17) is 9.47 Å². The molecule has 0 bridgehead atoms. The maximum atomic E-state index is 12.5. The lowest BCUT2D eigenvalue weighted by Crippen LogP contribution is -2.41. The first-order valence-corrected chi connectivity index (χ1v) is 10.4. The zero-order chi connectivity index (χ0) is 19.4. The highest BCUT2D eigenvalue weighted by Gasteiger charge is 2.22. The lowest BCUT2D eigenvalue weighted by Gasteiger charge is -2.24. The summed E-state index contributed by atoms with van der Waals surface area (Å²) in [6.07, 6.45) is 1.08. The molecule has 2 aromatic carbocycles. The summed E-state index contributed by atoms with van der Waals surface area (Å²) in [4.78, 5) is 12.5. The molecule has 8 heteroatoms. The molecular weight excluding hydrogens is 368 g/mol. The Bertz CT molecular complexity index is 915. The number of nitrogens with zero attached hydrogens (tertiary/aromatic N) is 1. The Labute approximate surface area is 158 Å². The van der Waals surface area contributed by atoms with E-state index in [0.717, 1.165) is 16.1 Å². The first kappa shape index (κ1) is 19.0. The summed E-state index contributed by atoms with van der Waals surface area (Å²) in [5, 5.41) is 2.83. The van der Waals surface area contributed by atoms with Crippen molar-refractivity contribution in [1.29, 1.82) is 0 Å². The number of hydrogen-bond acceptors (Lipinski definition) is 5. The summed E-state index contributed by atoms with van der Waals surface area (Å²) < 4.78 is 36.3. The second-order valence-corrected chi connectivity index (χ2v) is 8.20. The van der Waals surface area contributed by atoms with Crippen LogP contribution in [0.1, 0.15) is 18.5 Å². The number of sulfonamides is 1. The van der Waals surface area contributed by atoms with Gasteiger partial charge in [-0.3, -0.25) is 9.10 Å². The van der Waals surface area contributed by atoms with Crippen LogP contribution in [-0.4, -0.2) is 40.3 Å². The van der Waals surface area contributed by atoms with Gasteiger partial charge in [-0.25, -0.2) is 8.42 Å². The van der Waals surface area contributed by atoms with Crippen LogP contribution in [-0.2, 0) is 14.8 Å². The number of carbonyl (C=O) groups is 1. The number of amides is 1. The quantitative estimate of drug-likeness (QED) is 0.817. The van der Waals surface area contributed by atoms with Gasteiger partial charge in [-0.2, -0.15) is 0 Å².